The minimum absolute atomic E-state index is 0.174. The fraction of sp³-hybridized carbons (Fsp3) is 0.125. The number of phenols is 1. The second-order valence-electron chi connectivity index (χ2n) is 5.39. The lowest BCUT2D eigenvalue weighted by atomic mass is 10.2. The van der Waals surface area contributed by atoms with E-state index < -0.39 is 38.4 Å². The van der Waals surface area contributed by atoms with Gasteiger partial charge in [0.2, 0.25) is 15.9 Å². The summed E-state index contributed by atoms with van der Waals surface area (Å²) in [5.74, 6) is -4.46. The third-order valence-electron chi connectivity index (χ3n) is 3.36. The Morgan fingerprint density at radius 1 is 1.04 bits per heavy atom. The minimum atomic E-state index is -4.15. The molecule has 2 amide bonds. The van der Waals surface area contributed by atoms with Gasteiger partial charge in [-0.15, -0.1) is 0 Å². The Morgan fingerprint density at radius 3 is 2.43 bits per heavy atom. The van der Waals surface area contributed by atoms with Crippen LogP contribution >= 0.6 is 11.6 Å². The molecule has 0 atom stereocenters. The molecule has 2 aromatic rings. The lowest BCUT2D eigenvalue weighted by molar-refractivity contribution is -0.121. The molecule has 0 aliphatic carbocycles. The summed E-state index contributed by atoms with van der Waals surface area (Å²) < 4.78 is 51.9. The number of benzene rings is 2. The van der Waals surface area contributed by atoms with Crippen molar-refractivity contribution in [1.29, 1.82) is 0 Å². The summed E-state index contributed by atoms with van der Waals surface area (Å²) in [4.78, 5) is 23.1. The third kappa shape index (κ3) is 5.62. The Hall–Kier alpha value is -2.76. The van der Waals surface area contributed by atoms with Crippen molar-refractivity contribution >= 4 is 33.4 Å². The Labute approximate surface area is 163 Å². The van der Waals surface area contributed by atoms with Gasteiger partial charge in [-0.1, -0.05) is 11.6 Å². The largest absolute Gasteiger partial charge is 0.507 e. The second kappa shape index (κ2) is 8.95. The number of carbonyl (C=O) groups is 2. The number of halogens is 3. The smallest absolute Gasteiger partial charge is 0.273 e. The molecular formula is C16H14ClF2N3O5S. The van der Waals surface area contributed by atoms with Gasteiger partial charge in [0, 0.05) is 18.0 Å². The van der Waals surface area contributed by atoms with Crippen molar-refractivity contribution in [2.45, 2.75) is 11.3 Å². The van der Waals surface area contributed by atoms with Gasteiger partial charge in [0.15, 0.2) is 11.6 Å². The highest BCUT2D eigenvalue weighted by molar-refractivity contribution is 7.89. The Balaban J connectivity index is 1.84. The molecule has 0 bridgehead atoms. The molecule has 2 rings (SSSR count). The number of hydrogen-bond acceptors (Lipinski definition) is 5. The van der Waals surface area contributed by atoms with E-state index in [4.69, 9.17) is 11.6 Å². The van der Waals surface area contributed by atoms with Crippen molar-refractivity contribution < 1.29 is 31.9 Å². The van der Waals surface area contributed by atoms with Crippen LogP contribution in [0, 0.1) is 11.6 Å². The van der Waals surface area contributed by atoms with Crippen molar-refractivity contribution in [3.63, 3.8) is 0 Å². The normalized spacial score (nSPS) is 11.1. The number of rotatable bonds is 6. The molecule has 0 heterocycles. The first-order chi connectivity index (χ1) is 13.1. The molecule has 4 N–H and O–H groups in total. The zero-order valence-corrected chi connectivity index (χ0v) is 15.6. The van der Waals surface area contributed by atoms with Crippen molar-refractivity contribution in [2.75, 3.05) is 6.54 Å². The standard InChI is InChI=1S/C16H14ClF2N3O5S/c17-9-1-4-14(23)11(7-9)16(25)22-21-15(24)5-6-20-28(26,27)10-2-3-12(18)13(19)8-10/h1-4,7-8,20,23H,5-6H2,(H,21,24)(H,22,25). The summed E-state index contributed by atoms with van der Waals surface area (Å²) >= 11 is 5.72. The van der Waals surface area contributed by atoms with E-state index in [-0.39, 0.29) is 29.3 Å². The molecule has 0 spiro atoms. The van der Waals surface area contributed by atoms with Crippen LogP contribution in [0.25, 0.3) is 0 Å². The Morgan fingerprint density at radius 2 is 1.75 bits per heavy atom. The lowest BCUT2D eigenvalue weighted by Crippen LogP contribution is -2.42. The van der Waals surface area contributed by atoms with Crippen molar-refractivity contribution in [2.24, 2.45) is 0 Å². The Kier molecular flexibility index (Phi) is 6.89. The maximum absolute atomic E-state index is 13.1. The van der Waals surface area contributed by atoms with E-state index in [1.807, 2.05) is 15.6 Å². The highest BCUT2D eigenvalue weighted by Gasteiger charge is 2.17. The van der Waals surface area contributed by atoms with Crippen molar-refractivity contribution in [3.05, 3.63) is 58.6 Å². The van der Waals surface area contributed by atoms with Crippen LogP contribution < -0.4 is 15.6 Å². The van der Waals surface area contributed by atoms with Crippen LogP contribution in [0.5, 0.6) is 5.75 Å². The number of phenolic OH excluding ortho intramolecular Hbond substituents is 1. The molecule has 0 aromatic heterocycles. The van der Waals surface area contributed by atoms with Crippen molar-refractivity contribution in [1.82, 2.24) is 15.6 Å². The first-order valence-corrected chi connectivity index (χ1v) is 9.48. The topological polar surface area (TPSA) is 125 Å². The van der Waals surface area contributed by atoms with Gasteiger partial charge < -0.3 is 5.11 Å². The van der Waals surface area contributed by atoms with Gasteiger partial charge in [0.25, 0.3) is 5.91 Å². The highest BCUT2D eigenvalue weighted by atomic mass is 35.5. The van der Waals surface area contributed by atoms with Gasteiger partial charge in [0.1, 0.15) is 5.75 Å². The summed E-state index contributed by atoms with van der Waals surface area (Å²) in [5, 5.41) is 9.78. The molecule has 0 aliphatic heterocycles. The first-order valence-electron chi connectivity index (χ1n) is 7.62. The van der Waals surface area contributed by atoms with Crippen molar-refractivity contribution in [3.8, 4) is 5.75 Å². The van der Waals surface area contributed by atoms with Gasteiger partial charge in [0.05, 0.1) is 10.5 Å². The number of carbonyl (C=O) groups excluding carboxylic acids is 2. The van der Waals surface area contributed by atoms with E-state index in [0.717, 1.165) is 6.07 Å². The molecule has 12 heteroatoms. The van der Waals surface area contributed by atoms with Crippen LogP contribution in [-0.4, -0.2) is 31.9 Å². The number of amides is 2. The molecular weight excluding hydrogens is 420 g/mol. The molecule has 0 saturated heterocycles. The minimum Gasteiger partial charge on any atom is -0.507 e. The summed E-state index contributed by atoms with van der Waals surface area (Å²) in [5.41, 5.74) is 3.89. The van der Waals surface area contributed by atoms with Crippen LogP contribution in [0.1, 0.15) is 16.8 Å². The van der Waals surface area contributed by atoms with E-state index >= 15 is 0 Å². The maximum atomic E-state index is 13.1. The second-order valence-corrected chi connectivity index (χ2v) is 7.59. The summed E-state index contributed by atoms with van der Waals surface area (Å²) in [7, 11) is -4.15. The first kappa shape index (κ1) is 21.5. The van der Waals surface area contributed by atoms with E-state index in [0.29, 0.717) is 12.1 Å². The predicted octanol–water partition coefficient (Wildman–Crippen LogP) is 1.45. The lowest BCUT2D eigenvalue weighted by Gasteiger charge is -2.10. The zero-order valence-electron chi connectivity index (χ0n) is 14.0. The average Bonchev–Trinajstić information content (AvgIpc) is 2.63. The van der Waals surface area contributed by atoms with Gasteiger partial charge in [-0.05, 0) is 36.4 Å². The quantitative estimate of drug-likeness (QED) is 0.513. The van der Waals surface area contributed by atoms with Crippen LogP contribution in [-0.2, 0) is 14.8 Å². The summed E-state index contributed by atoms with van der Waals surface area (Å²) in [6.07, 6.45) is -0.370. The van der Waals surface area contributed by atoms with E-state index in [1.54, 1.807) is 0 Å². The molecule has 150 valence electrons. The number of hydrogen-bond donors (Lipinski definition) is 4. The fourth-order valence-electron chi connectivity index (χ4n) is 1.97. The molecule has 2 aromatic carbocycles. The van der Waals surface area contributed by atoms with E-state index in [9.17, 15) is 31.9 Å². The SMILES string of the molecule is O=C(CCNS(=O)(=O)c1ccc(F)c(F)c1)NNC(=O)c1cc(Cl)ccc1O. The molecule has 0 radical (unpaired) electrons. The molecule has 0 saturated carbocycles. The maximum Gasteiger partial charge on any atom is 0.273 e. The van der Waals surface area contributed by atoms with Gasteiger partial charge in [-0.2, -0.15) is 0 Å². The van der Waals surface area contributed by atoms with Crippen LogP contribution in [0.15, 0.2) is 41.3 Å². The fourth-order valence-corrected chi connectivity index (χ4v) is 3.19. The molecule has 28 heavy (non-hydrogen) atoms. The monoisotopic (exact) mass is 433 g/mol. The molecule has 0 aliphatic rings. The van der Waals surface area contributed by atoms with Gasteiger partial charge in [-0.25, -0.2) is 21.9 Å². The Bertz CT molecular complexity index is 1020. The number of hydrazine groups is 1. The van der Waals surface area contributed by atoms with E-state index in [1.165, 1.54) is 18.2 Å². The summed E-state index contributed by atoms with van der Waals surface area (Å²) in [6.45, 7) is -0.370. The number of aromatic hydroxyl groups is 1. The third-order valence-corrected chi connectivity index (χ3v) is 5.06. The van der Waals surface area contributed by atoms with Crippen LogP contribution in [0.2, 0.25) is 5.02 Å². The zero-order chi connectivity index (χ0) is 20.9. The predicted molar refractivity (Wildman–Crippen MR) is 94.9 cm³/mol. The molecule has 8 nitrogen and oxygen atoms in total. The van der Waals surface area contributed by atoms with E-state index in [2.05, 4.69) is 0 Å². The van der Waals surface area contributed by atoms with Gasteiger partial charge >= 0.3 is 0 Å². The van der Waals surface area contributed by atoms with Crippen LogP contribution in [0.3, 0.4) is 0 Å². The summed E-state index contributed by atoms with van der Waals surface area (Å²) in [6, 6.07) is 5.80. The number of sulfonamides is 1. The highest BCUT2D eigenvalue weighted by Crippen LogP contribution is 2.21. The molecule has 0 unspecified atom stereocenters. The number of nitrogens with one attached hydrogen (secondary N) is 3. The molecule has 0 fully saturated rings. The average molecular weight is 434 g/mol. The van der Waals surface area contributed by atoms with Crippen LogP contribution in [0.4, 0.5) is 8.78 Å². The van der Waals surface area contributed by atoms with Gasteiger partial charge in [-0.3, -0.25) is 20.4 Å².